The van der Waals surface area contributed by atoms with Crippen LogP contribution in [0.15, 0.2) is 24.3 Å². The van der Waals surface area contributed by atoms with Crippen LogP contribution in [-0.4, -0.2) is 36.3 Å². The molecular formula is C13H19F2NO2. The van der Waals surface area contributed by atoms with Gasteiger partial charge in [-0.1, -0.05) is 25.1 Å². The number of nitrogens with zero attached hydrogens (tertiary/aromatic N) is 1. The van der Waals surface area contributed by atoms with Gasteiger partial charge < -0.3 is 9.84 Å². The van der Waals surface area contributed by atoms with Crippen LogP contribution in [0.1, 0.15) is 18.9 Å². The summed E-state index contributed by atoms with van der Waals surface area (Å²) in [4.78, 5) is 2.07. The van der Waals surface area contributed by atoms with Crippen molar-refractivity contribution in [3.05, 3.63) is 29.8 Å². The molecule has 0 saturated heterocycles. The maximum Gasteiger partial charge on any atom is 0.387 e. The maximum atomic E-state index is 12.3. The predicted octanol–water partition coefficient (Wildman–Crippen LogP) is 2.49. The van der Waals surface area contributed by atoms with Crippen LogP contribution < -0.4 is 4.74 Å². The van der Waals surface area contributed by atoms with Gasteiger partial charge in [0.1, 0.15) is 5.75 Å². The molecule has 0 aliphatic heterocycles. The van der Waals surface area contributed by atoms with Crippen LogP contribution >= 0.6 is 0 Å². The van der Waals surface area contributed by atoms with E-state index in [0.29, 0.717) is 13.0 Å². The molecule has 0 aliphatic carbocycles. The molecule has 0 unspecified atom stereocenters. The molecular weight excluding hydrogens is 240 g/mol. The van der Waals surface area contributed by atoms with E-state index in [0.717, 1.165) is 18.7 Å². The first-order valence-corrected chi connectivity index (χ1v) is 6.03. The van der Waals surface area contributed by atoms with Crippen molar-refractivity contribution < 1.29 is 18.6 Å². The summed E-state index contributed by atoms with van der Waals surface area (Å²) in [5.74, 6) is 0.218. The third-order valence-corrected chi connectivity index (χ3v) is 2.66. The van der Waals surface area contributed by atoms with E-state index < -0.39 is 6.61 Å². The number of benzene rings is 1. The number of halogens is 2. The molecule has 0 fully saturated rings. The number of para-hydroxylation sites is 1. The van der Waals surface area contributed by atoms with Gasteiger partial charge in [0.25, 0.3) is 0 Å². The van der Waals surface area contributed by atoms with Gasteiger partial charge in [0.2, 0.25) is 0 Å². The third-order valence-electron chi connectivity index (χ3n) is 2.66. The van der Waals surface area contributed by atoms with E-state index in [1.165, 1.54) is 0 Å². The Morgan fingerprint density at radius 3 is 2.67 bits per heavy atom. The minimum Gasteiger partial charge on any atom is -0.434 e. The third kappa shape index (κ3) is 4.98. The smallest absolute Gasteiger partial charge is 0.387 e. The molecule has 0 aromatic heterocycles. The molecule has 0 amide bonds. The highest BCUT2D eigenvalue weighted by Gasteiger charge is 2.11. The Hall–Kier alpha value is -1.20. The molecule has 1 rings (SSSR count). The summed E-state index contributed by atoms with van der Waals surface area (Å²) in [6.45, 7) is 1.39. The number of ether oxygens (including phenoxy) is 1. The molecule has 18 heavy (non-hydrogen) atoms. The normalized spacial score (nSPS) is 11.2. The Kier molecular flexibility index (Phi) is 6.60. The fourth-order valence-electron chi connectivity index (χ4n) is 1.73. The van der Waals surface area contributed by atoms with Crippen molar-refractivity contribution in [1.29, 1.82) is 0 Å². The number of hydrogen-bond donors (Lipinski definition) is 1. The van der Waals surface area contributed by atoms with Crippen LogP contribution in [0.25, 0.3) is 0 Å². The number of aliphatic hydroxyl groups is 1. The molecule has 5 heteroatoms. The Morgan fingerprint density at radius 2 is 2.06 bits per heavy atom. The number of hydrogen-bond acceptors (Lipinski definition) is 3. The monoisotopic (exact) mass is 259 g/mol. The lowest BCUT2D eigenvalue weighted by atomic mass is 10.2. The first kappa shape index (κ1) is 14.9. The molecule has 1 aromatic rings. The van der Waals surface area contributed by atoms with Gasteiger partial charge in [0.05, 0.1) is 0 Å². The van der Waals surface area contributed by atoms with E-state index in [-0.39, 0.29) is 12.4 Å². The van der Waals surface area contributed by atoms with Crippen molar-refractivity contribution in [3.8, 4) is 5.75 Å². The van der Waals surface area contributed by atoms with Gasteiger partial charge in [-0.3, -0.25) is 4.90 Å². The van der Waals surface area contributed by atoms with Gasteiger partial charge in [0.15, 0.2) is 0 Å². The fraction of sp³-hybridized carbons (Fsp3) is 0.538. The highest BCUT2D eigenvalue weighted by Crippen LogP contribution is 2.21. The van der Waals surface area contributed by atoms with Crippen LogP contribution in [0.2, 0.25) is 0 Å². The van der Waals surface area contributed by atoms with E-state index in [2.05, 4.69) is 9.64 Å². The van der Waals surface area contributed by atoms with E-state index in [9.17, 15) is 8.78 Å². The second kappa shape index (κ2) is 8.00. The van der Waals surface area contributed by atoms with Gasteiger partial charge in [-0.05, 0) is 19.0 Å². The van der Waals surface area contributed by atoms with E-state index in [1.54, 1.807) is 24.3 Å². The van der Waals surface area contributed by atoms with Crippen LogP contribution in [0.5, 0.6) is 5.75 Å². The van der Waals surface area contributed by atoms with Gasteiger partial charge in [-0.2, -0.15) is 8.78 Å². The summed E-state index contributed by atoms with van der Waals surface area (Å²) in [6.07, 6.45) is 0.672. The number of alkyl halides is 2. The van der Waals surface area contributed by atoms with Crippen molar-refractivity contribution in [2.45, 2.75) is 26.5 Å². The number of aliphatic hydroxyl groups excluding tert-OH is 1. The van der Waals surface area contributed by atoms with Crippen molar-refractivity contribution in [2.75, 3.05) is 19.7 Å². The average molecular weight is 259 g/mol. The van der Waals surface area contributed by atoms with Crippen LogP contribution in [0.4, 0.5) is 8.78 Å². The largest absolute Gasteiger partial charge is 0.434 e. The SMILES string of the molecule is CCN(CCCO)Cc1ccccc1OC(F)F. The molecule has 102 valence electrons. The molecule has 3 nitrogen and oxygen atoms in total. The Balaban J connectivity index is 2.69. The zero-order valence-electron chi connectivity index (χ0n) is 10.5. The molecule has 1 N–H and O–H groups in total. The summed E-state index contributed by atoms with van der Waals surface area (Å²) in [5, 5.41) is 8.80. The minimum atomic E-state index is -2.81. The molecule has 0 heterocycles. The predicted molar refractivity (Wildman–Crippen MR) is 65.7 cm³/mol. The Labute approximate surface area is 106 Å². The quantitative estimate of drug-likeness (QED) is 0.778. The molecule has 0 atom stereocenters. The minimum absolute atomic E-state index is 0.131. The van der Waals surface area contributed by atoms with Crippen molar-refractivity contribution >= 4 is 0 Å². The zero-order chi connectivity index (χ0) is 13.4. The number of rotatable bonds is 8. The van der Waals surface area contributed by atoms with E-state index >= 15 is 0 Å². The Bertz CT molecular complexity index is 348. The summed E-state index contributed by atoms with van der Waals surface area (Å²) >= 11 is 0. The molecule has 0 saturated carbocycles. The second-order valence-corrected chi connectivity index (χ2v) is 3.93. The lowest BCUT2D eigenvalue weighted by Gasteiger charge is -2.21. The van der Waals surface area contributed by atoms with Gasteiger partial charge in [-0.15, -0.1) is 0 Å². The molecule has 1 aromatic carbocycles. The van der Waals surface area contributed by atoms with Gasteiger partial charge >= 0.3 is 6.61 Å². The first-order valence-electron chi connectivity index (χ1n) is 6.03. The first-order chi connectivity index (χ1) is 8.67. The summed E-state index contributed by atoms with van der Waals surface area (Å²) in [7, 11) is 0. The van der Waals surface area contributed by atoms with Crippen molar-refractivity contribution in [1.82, 2.24) is 4.90 Å². The van der Waals surface area contributed by atoms with Gasteiger partial charge in [0, 0.05) is 25.3 Å². The second-order valence-electron chi connectivity index (χ2n) is 3.93. The maximum absolute atomic E-state index is 12.3. The lowest BCUT2D eigenvalue weighted by Crippen LogP contribution is -2.25. The standard InChI is InChI=1S/C13H19F2NO2/c1-2-16(8-5-9-17)10-11-6-3-4-7-12(11)18-13(14)15/h3-4,6-7,13,17H,2,5,8-10H2,1H3. The topological polar surface area (TPSA) is 32.7 Å². The molecule has 0 radical (unpaired) electrons. The molecule has 0 spiro atoms. The highest BCUT2D eigenvalue weighted by atomic mass is 19.3. The van der Waals surface area contributed by atoms with E-state index in [4.69, 9.17) is 5.11 Å². The molecule has 0 bridgehead atoms. The summed E-state index contributed by atoms with van der Waals surface area (Å²) < 4.78 is 29.0. The van der Waals surface area contributed by atoms with Crippen molar-refractivity contribution in [2.24, 2.45) is 0 Å². The molecule has 0 aliphatic rings. The van der Waals surface area contributed by atoms with Crippen LogP contribution in [-0.2, 0) is 6.54 Å². The highest BCUT2D eigenvalue weighted by molar-refractivity contribution is 5.33. The van der Waals surface area contributed by atoms with E-state index in [1.807, 2.05) is 6.92 Å². The van der Waals surface area contributed by atoms with Crippen LogP contribution in [0.3, 0.4) is 0 Å². The van der Waals surface area contributed by atoms with Crippen molar-refractivity contribution in [3.63, 3.8) is 0 Å². The Morgan fingerprint density at radius 1 is 1.33 bits per heavy atom. The van der Waals surface area contributed by atoms with Crippen LogP contribution in [0, 0.1) is 0 Å². The van der Waals surface area contributed by atoms with Gasteiger partial charge in [-0.25, -0.2) is 0 Å². The fourth-order valence-corrected chi connectivity index (χ4v) is 1.73. The summed E-state index contributed by atoms with van der Waals surface area (Å²) in [5.41, 5.74) is 0.734. The summed E-state index contributed by atoms with van der Waals surface area (Å²) in [6, 6.07) is 6.79. The average Bonchev–Trinajstić information content (AvgIpc) is 2.35. The zero-order valence-corrected chi connectivity index (χ0v) is 10.5. The lowest BCUT2D eigenvalue weighted by molar-refractivity contribution is -0.0507.